The van der Waals surface area contributed by atoms with Gasteiger partial charge < -0.3 is 23.6 Å². The van der Waals surface area contributed by atoms with Crippen molar-refractivity contribution in [3.8, 4) is 0 Å². The van der Waals surface area contributed by atoms with E-state index in [-0.39, 0.29) is 12.0 Å². The Hall–Kier alpha value is -3.09. The number of carbonyl (C=O) groups is 2. The van der Waals surface area contributed by atoms with Gasteiger partial charge in [0.1, 0.15) is 16.9 Å². The predicted molar refractivity (Wildman–Crippen MR) is 107 cm³/mol. The summed E-state index contributed by atoms with van der Waals surface area (Å²) in [6, 6.07) is 2.82. The third-order valence-electron chi connectivity index (χ3n) is 6.54. The van der Waals surface area contributed by atoms with Crippen molar-refractivity contribution in [2.75, 3.05) is 6.54 Å². The number of hydrogen-bond acceptors (Lipinski definition) is 6. The number of aliphatic carboxylic acids is 1. The molecule has 7 nitrogen and oxygen atoms in total. The fourth-order valence-corrected chi connectivity index (χ4v) is 4.91. The van der Waals surface area contributed by atoms with Gasteiger partial charge in [0.2, 0.25) is 5.91 Å². The molecule has 0 spiro atoms. The van der Waals surface area contributed by atoms with E-state index in [9.17, 15) is 19.5 Å². The van der Waals surface area contributed by atoms with Crippen molar-refractivity contribution in [1.82, 2.24) is 4.90 Å². The van der Waals surface area contributed by atoms with Gasteiger partial charge in [-0.05, 0) is 50.7 Å². The standard InChI is InChI=1S/C23H23NO6/c1-12-14-9-16-13-5-2-3-7-18(13)29-20(16)11-19(14)30-23(28)15(12)10-21(25)24-8-4-6-17(24)22(26)27/h9,11,17H,2-8,10H2,1H3,(H,26,27)/p-1/t17-/m1/s1. The van der Waals surface area contributed by atoms with E-state index in [0.29, 0.717) is 30.5 Å². The molecule has 0 N–H and O–H groups in total. The average molecular weight is 408 g/mol. The first-order chi connectivity index (χ1) is 14.4. The Morgan fingerprint density at radius 2 is 1.87 bits per heavy atom. The lowest BCUT2D eigenvalue weighted by atomic mass is 9.94. The second-order valence-corrected chi connectivity index (χ2v) is 8.29. The minimum absolute atomic E-state index is 0.185. The average Bonchev–Trinajstić information content (AvgIpc) is 3.34. The molecule has 1 aliphatic heterocycles. The third-order valence-corrected chi connectivity index (χ3v) is 6.54. The molecule has 1 atom stereocenters. The highest BCUT2D eigenvalue weighted by Crippen LogP contribution is 2.35. The quantitative estimate of drug-likeness (QED) is 0.614. The highest BCUT2D eigenvalue weighted by atomic mass is 16.4. The molecular weight excluding hydrogens is 386 g/mol. The van der Waals surface area contributed by atoms with Gasteiger partial charge in [-0.25, -0.2) is 4.79 Å². The number of aryl methyl sites for hydroxylation is 3. The topological polar surface area (TPSA) is 104 Å². The van der Waals surface area contributed by atoms with Gasteiger partial charge in [0.05, 0.1) is 24.0 Å². The summed E-state index contributed by atoms with van der Waals surface area (Å²) in [7, 11) is 0. The monoisotopic (exact) mass is 408 g/mol. The molecule has 30 heavy (non-hydrogen) atoms. The molecule has 0 bridgehead atoms. The summed E-state index contributed by atoms with van der Waals surface area (Å²) in [5.74, 6) is -0.641. The van der Waals surface area contributed by atoms with Crippen LogP contribution in [-0.2, 0) is 28.9 Å². The van der Waals surface area contributed by atoms with Crippen LogP contribution in [0.3, 0.4) is 0 Å². The molecule has 0 unspecified atom stereocenters. The summed E-state index contributed by atoms with van der Waals surface area (Å²) < 4.78 is 11.5. The molecule has 1 aliphatic carbocycles. The second kappa shape index (κ2) is 7.00. The van der Waals surface area contributed by atoms with E-state index in [0.717, 1.165) is 47.8 Å². The van der Waals surface area contributed by atoms with Crippen LogP contribution in [0, 0.1) is 6.92 Å². The highest BCUT2D eigenvalue weighted by molar-refractivity contribution is 5.97. The fraction of sp³-hybridized carbons (Fsp3) is 0.435. The molecule has 0 radical (unpaired) electrons. The molecule has 1 fully saturated rings. The first kappa shape index (κ1) is 18.9. The highest BCUT2D eigenvalue weighted by Gasteiger charge is 2.30. The number of fused-ring (bicyclic) bond motifs is 4. The molecule has 2 aromatic heterocycles. The van der Waals surface area contributed by atoms with Crippen LogP contribution in [0.1, 0.15) is 48.1 Å². The van der Waals surface area contributed by atoms with Crippen LogP contribution in [0.25, 0.3) is 21.9 Å². The zero-order valence-electron chi connectivity index (χ0n) is 16.8. The van der Waals surface area contributed by atoms with Crippen molar-refractivity contribution in [3.63, 3.8) is 0 Å². The summed E-state index contributed by atoms with van der Waals surface area (Å²) in [5.41, 5.74) is 2.75. The number of likely N-dealkylation sites (tertiary alicyclic amines) is 1. The summed E-state index contributed by atoms with van der Waals surface area (Å²) in [5, 5.41) is 13.1. The molecule has 7 heteroatoms. The van der Waals surface area contributed by atoms with E-state index in [1.54, 1.807) is 13.0 Å². The number of amides is 1. The maximum absolute atomic E-state index is 12.8. The van der Waals surface area contributed by atoms with Gasteiger partial charge >= 0.3 is 5.63 Å². The molecule has 3 heterocycles. The van der Waals surface area contributed by atoms with Gasteiger partial charge in [-0.3, -0.25) is 4.79 Å². The van der Waals surface area contributed by atoms with Crippen LogP contribution in [0.5, 0.6) is 0 Å². The Balaban J connectivity index is 1.57. The Bertz CT molecular complexity index is 1250. The van der Waals surface area contributed by atoms with Crippen LogP contribution in [0.15, 0.2) is 25.8 Å². The number of rotatable bonds is 3. The van der Waals surface area contributed by atoms with Crippen LogP contribution >= 0.6 is 0 Å². The van der Waals surface area contributed by atoms with Crippen LogP contribution in [0.4, 0.5) is 0 Å². The van der Waals surface area contributed by atoms with Gasteiger partial charge in [0.15, 0.2) is 0 Å². The van der Waals surface area contributed by atoms with Gasteiger partial charge in [0, 0.05) is 35.4 Å². The number of furan rings is 1. The molecule has 2 aliphatic rings. The number of carbonyl (C=O) groups excluding carboxylic acids is 2. The first-order valence-corrected chi connectivity index (χ1v) is 10.4. The van der Waals surface area contributed by atoms with Crippen LogP contribution in [0.2, 0.25) is 0 Å². The minimum atomic E-state index is -1.25. The van der Waals surface area contributed by atoms with Crippen LogP contribution < -0.4 is 10.7 Å². The van der Waals surface area contributed by atoms with Crippen molar-refractivity contribution in [2.24, 2.45) is 0 Å². The maximum Gasteiger partial charge on any atom is 0.340 e. The lowest BCUT2D eigenvalue weighted by molar-refractivity contribution is -0.310. The fourth-order valence-electron chi connectivity index (χ4n) is 4.91. The van der Waals surface area contributed by atoms with Gasteiger partial charge in [-0.1, -0.05) is 0 Å². The van der Waals surface area contributed by atoms with E-state index in [4.69, 9.17) is 8.83 Å². The van der Waals surface area contributed by atoms with E-state index in [1.165, 1.54) is 10.5 Å². The first-order valence-electron chi connectivity index (χ1n) is 10.4. The Morgan fingerprint density at radius 1 is 1.10 bits per heavy atom. The number of nitrogens with zero attached hydrogens (tertiary/aromatic N) is 1. The van der Waals surface area contributed by atoms with Crippen molar-refractivity contribution in [3.05, 3.63) is 45.0 Å². The summed E-state index contributed by atoms with van der Waals surface area (Å²) in [6.45, 7) is 2.16. The van der Waals surface area contributed by atoms with Gasteiger partial charge in [-0.15, -0.1) is 0 Å². The zero-order chi connectivity index (χ0) is 21.0. The van der Waals surface area contributed by atoms with Crippen molar-refractivity contribution >= 4 is 33.8 Å². The van der Waals surface area contributed by atoms with Crippen molar-refractivity contribution < 1.29 is 23.5 Å². The summed E-state index contributed by atoms with van der Waals surface area (Å²) in [6.07, 6.45) is 4.92. The molecule has 1 saturated heterocycles. The van der Waals surface area contributed by atoms with E-state index in [1.807, 2.05) is 6.07 Å². The molecule has 5 rings (SSSR count). The Morgan fingerprint density at radius 3 is 2.67 bits per heavy atom. The largest absolute Gasteiger partial charge is 0.548 e. The molecule has 0 saturated carbocycles. The SMILES string of the molecule is Cc1c(CC(=O)N2CCC[C@@H]2C(=O)[O-])c(=O)oc2cc3oc4c(c3cc12)CCCC4. The van der Waals surface area contributed by atoms with E-state index >= 15 is 0 Å². The third kappa shape index (κ3) is 2.91. The predicted octanol–water partition coefficient (Wildman–Crippen LogP) is 2.01. The lowest BCUT2D eigenvalue weighted by Crippen LogP contribution is -2.47. The summed E-state index contributed by atoms with van der Waals surface area (Å²) >= 11 is 0. The molecular formula is C23H22NO6-. The lowest BCUT2D eigenvalue weighted by Gasteiger charge is -2.25. The number of carboxylic acid groups (broad SMARTS) is 1. The number of carboxylic acids is 1. The van der Waals surface area contributed by atoms with E-state index in [2.05, 4.69) is 0 Å². The molecule has 156 valence electrons. The van der Waals surface area contributed by atoms with Crippen molar-refractivity contribution in [1.29, 1.82) is 0 Å². The molecule has 1 amide bonds. The normalized spacial score (nSPS) is 18.8. The Kier molecular flexibility index (Phi) is 4.41. The van der Waals surface area contributed by atoms with Crippen LogP contribution in [-0.4, -0.2) is 29.4 Å². The van der Waals surface area contributed by atoms with Crippen molar-refractivity contribution in [2.45, 2.75) is 57.9 Å². The number of hydrogen-bond donors (Lipinski definition) is 0. The second-order valence-electron chi connectivity index (χ2n) is 8.29. The minimum Gasteiger partial charge on any atom is -0.548 e. The van der Waals surface area contributed by atoms with E-state index < -0.39 is 23.5 Å². The smallest absolute Gasteiger partial charge is 0.340 e. The summed E-state index contributed by atoms with van der Waals surface area (Å²) in [4.78, 5) is 38.0. The van der Waals surface area contributed by atoms with Gasteiger partial charge in [-0.2, -0.15) is 0 Å². The van der Waals surface area contributed by atoms with Gasteiger partial charge in [0.25, 0.3) is 0 Å². The number of benzene rings is 1. The zero-order valence-corrected chi connectivity index (χ0v) is 16.8. The molecule has 1 aromatic carbocycles. The molecule has 3 aromatic rings. The maximum atomic E-state index is 12.8. The Labute approximate surface area is 172 Å².